The molecule has 0 spiro atoms. The Hall–Kier alpha value is -1.36. The first-order chi connectivity index (χ1) is 27.1. The van der Waals surface area contributed by atoms with Crippen molar-refractivity contribution in [2.75, 3.05) is 13.2 Å². The maximum Gasteiger partial charge on any atom is 0.306 e. The molecule has 0 amide bonds. The Labute approximate surface area is 343 Å². The highest BCUT2D eigenvalue weighted by atomic mass is 16.6. The van der Waals surface area contributed by atoms with Crippen LogP contribution in [0.1, 0.15) is 277 Å². The van der Waals surface area contributed by atoms with Crippen molar-refractivity contribution in [2.24, 2.45) is 0 Å². The van der Waals surface area contributed by atoms with Crippen LogP contribution in [0.4, 0.5) is 0 Å². The van der Waals surface area contributed by atoms with Gasteiger partial charge in [0.05, 0.1) is 6.61 Å². The Balaban J connectivity index is 3.45. The van der Waals surface area contributed by atoms with Crippen LogP contribution >= 0.6 is 0 Å². The van der Waals surface area contributed by atoms with E-state index in [0.717, 1.165) is 32.1 Å². The summed E-state index contributed by atoms with van der Waals surface area (Å²) in [6, 6.07) is 0. The molecule has 0 heterocycles. The molecule has 0 aliphatic carbocycles. The number of esters is 2. The zero-order valence-electron chi connectivity index (χ0n) is 37.2. The number of aliphatic hydroxyl groups is 1. The second-order valence-electron chi connectivity index (χ2n) is 16.9. The first-order valence-corrected chi connectivity index (χ1v) is 24.7. The molecule has 0 saturated heterocycles. The number of aliphatic hydroxyl groups excluding tert-OH is 1. The second kappa shape index (κ2) is 47.0. The topological polar surface area (TPSA) is 72.8 Å². The van der Waals surface area contributed by atoms with Crippen molar-refractivity contribution in [3.63, 3.8) is 0 Å². The molecule has 0 aliphatic rings. The van der Waals surface area contributed by atoms with Gasteiger partial charge in [0.1, 0.15) is 6.61 Å². The van der Waals surface area contributed by atoms with Gasteiger partial charge in [-0.1, -0.05) is 238 Å². The number of hydrogen-bond acceptors (Lipinski definition) is 5. The zero-order chi connectivity index (χ0) is 40.0. The SMILES string of the molecule is CCCCCCCC/C=C/CCCCCCCCCCCCCC(=O)O[C@@H](CO)COC(=O)CCCCCCCCCCCCCCCCCCCCCC. The number of carbonyl (C=O) groups excluding carboxylic acids is 2. The largest absolute Gasteiger partial charge is 0.462 e. The minimum atomic E-state index is -0.766. The molecule has 0 aromatic rings. The van der Waals surface area contributed by atoms with Crippen LogP contribution in [0.25, 0.3) is 0 Å². The molecule has 0 fully saturated rings. The first kappa shape index (κ1) is 53.6. The predicted octanol–water partition coefficient (Wildman–Crippen LogP) is 16.0. The smallest absolute Gasteiger partial charge is 0.306 e. The van der Waals surface area contributed by atoms with Gasteiger partial charge in [-0.3, -0.25) is 9.59 Å². The highest BCUT2D eigenvalue weighted by Gasteiger charge is 2.16. The summed E-state index contributed by atoms with van der Waals surface area (Å²) in [6.45, 7) is 4.18. The maximum absolute atomic E-state index is 12.2. The van der Waals surface area contributed by atoms with Crippen LogP contribution in [-0.2, 0) is 19.1 Å². The van der Waals surface area contributed by atoms with Gasteiger partial charge < -0.3 is 14.6 Å². The molecule has 0 bridgehead atoms. The molecule has 55 heavy (non-hydrogen) atoms. The fourth-order valence-corrected chi connectivity index (χ4v) is 7.55. The van der Waals surface area contributed by atoms with E-state index in [1.54, 1.807) is 0 Å². The van der Waals surface area contributed by atoms with E-state index >= 15 is 0 Å². The minimum absolute atomic E-state index is 0.0589. The van der Waals surface area contributed by atoms with E-state index < -0.39 is 6.10 Å². The van der Waals surface area contributed by atoms with Gasteiger partial charge in [-0.05, 0) is 38.5 Å². The summed E-state index contributed by atoms with van der Waals surface area (Å²) in [5.74, 6) is -0.573. The van der Waals surface area contributed by atoms with Gasteiger partial charge in [-0.2, -0.15) is 0 Å². The van der Waals surface area contributed by atoms with Crippen molar-refractivity contribution >= 4 is 11.9 Å². The van der Waals surface area contributed by atoms with Gasteiger partial charge in [0.2, 0.25) is 0 Å². The van der Waals surface area contributed by atoms with E-state index in [4.69, 9.17) is 9.47 Å². The molecule has 0 aliphatic heterocycles. The fourth-order valence-electron chi connectivity index (χ4n) is 7.55. The van der Waals surface area contributed by atoms with Crippen molar-refractivity contribution in [1.29, 1.82) is 0 Å². The summed E-state index contributed by atoms with van der Waals surface area (Å²) < 4.78 is 10.7. The fraction of sp³-hybridized carbons (Fsp3) is 0.920. The lowest BCUT2D eigenvalue weighted by Crippen LogP contribution is -2.28. The summed E-state index contributed by atoms with van der Waals surface area (Å²) in [4.78, 5) is 24.4. The predicted molar refractivity (Wildman–Crippen MR) is 238 cm³/mol. The van der Waals surface area contributed by atoms with Crippen molar-refractivity contribution in [3.05, 3.63) is 12.2 Å². The van der Waals surface area contributed by atoms with Gasteiger partial charge >= 0.3 is 11.9 Å². The van der Waals surface area contributed by atoms with Gasteiger partial charge in [-0.15, -0.1) is 0 Å². The second-order valence-corrected chi connectivity index (χ2v) is 16.9. The van der Waals surface area contributed by atoms with Gasteiger partial charge in [0.15, 0.2) is 6.10 Å². The number of unbranched alkanes of at least 4 members (excludes halogenated alkanes) is 36. The van der Waals surface area contributed by atoms with Gasteiger partial charge in [0.25, 0.3) is 0 Å². The van der Waals surface area contributed by atoms with Crippen molar-refractivity contribution in [2.45, 2.75) is 283 Å². The lowest BCUT2D eigenvalue weighted by Gasteiger charge is -2.15. The molecular formula is C50H96O5. The third-order valence-corrected chi connectivity index (χ3v) is 11.3. The Kier molecular flexibility index (Phi) is 45.9. The monoisotopic (exact) mass is 777 g/mol. The average Bonchev–Trinajstić information content (AvgIpc) is 3.19. The summed E-state index contributed by atoms with van der Waals surface area (Å²) in [6.07, 6.45) is 55.9. The summed E-state index contributed by atoms with van der Waals surface area (Å²) in [5, 5.41) is 9.61. The zero-order valence-corrected chi connectivity index (χ0v) is 37.2. The third kappa shape index (κ3) is 45.2. The summed E-state index contributed by atoms with van der Waals surface area (Å²) in [7, 11) is 0. The number of rotatable bonds is 46. The van der Waals surface area contributed by atoms with E-state index in [9.17, 15) is 14.7 Å². The highest BCUT2D eigenvalue weighted by Crippen LogP contribution is 2.17. The Bertz CT molecular complexity index is 795. The summed E-state index contributed by atoms with van der Waals surface area (Å²) in [5.41, 5.74) is 0. The maximum atomic E-state index is 12.2. The van der Waals surface area contributed by atoms with Crippen LogP contribution < -0.4 is 0 Å². The molecule has 0 aromatic carbocycles. The molecule has 0 saturated carbocycles. The lowest BCUT2D eigenvalue weighted by atomic mass is 10.0. The van der Waals surface area contributed by atoms with Crippen molar-refractivity contribution < 1.29 is 24.2 Å². The van der Waals surface area contributed by atoms with E-state index in [0.29, 0.717) is 12.8 Å². The van der Waals surface area contributed by atoms with Crippen molar-refractivity contribution in [3.8, 4) is 0 Å². The Morgan fingerprint density at radius 1 is 0.400 bits per heavy atom. The van der Waals surface area contributed by atoms with E-state index in [1.165, 1.54) is 218 Å². The molecule has 326 valence electrons. The average molecular weight is 777 g/mol. The van der Waals surface area contributed by atoms with Crippen LogP contribution in [0.3, 0.4) is 0 Å². The van der Waals surface area contributed by atoms with Crippen LogP contribution in [0.15, 0.2) is 12.2 Å². The normalized spacial score (nSPS) is 12.1. The minimum Gasteiger partial charge on any atom is -0.462 e. The molecule has 5 nitrogen and oxygen atoms in total. The third-order valence-electron chi connectivity index (χ3n) is 11.3. The molecular weight excluding hydrogens is 681 g/mol. The molecule has 0 rings (SSSR count). The molecule has 0 unspecified atom stereocenters. The Morgan fingerprint density at radius 2 is 0.673 bits per heavy atom. The molecule has 0 radical (unpaired) electrons. The van der Waals surface area contributed by atoms with E-state index in [1.807, 2.05) is 0 Å². The van der Waals surface area contributed by atoms with Gasteiger partial charge in [0, 0.05) is 12.8 Å². The van der Waals surface area contributed by atoms with Crippen LogP contribution in [0.2, 0.25) is 0 Å². The quantitative estimate of drug-likeness (QED) is 0.0379. The standard InChI is InChI=1S/C50H96O5/c1-3-5-7-9-11-13-15-17-19-21-23-25-27-29-31-33-35-37-39-41-43-45-50(53)55-48(46-51)47-54-49(52)44-42-40-38-36-34-32-30-28-26-24-22-20-18-16-14-12-10-8-6-4-2/h17,19,48,51H,3-16,18,20-47H2,1-2H3/b19-17+/t48-/m0/s1. The molecule has 5 heteroatoms. The van der Waals surface area contributed by atoms with E-state index in [2.05, 4.69) is 26.0 Å². The van der Waals surface area contributed by atoms with Crippen molar-refractivity contribution in [1.82, 2.24) is 0 Å². The number of hydrogen-bond donors (Lipinski definition) is 1. The summed E-state index contributed by atoms with van der Waals surface area (Å²) >= 11 is 0. The number of ether oxygens (including phenoxy) is 2. The first-order valence-electron chi connectivity index (χ1n) is 24.7. The molecule has 0 aromatic heterocycles. The molecule has 1 N–H and O–H groups in total. The molecule has 1 atom stereocenters. The highest BCUT2D eigenvalue weighted by molar-refractivity contribution is 5.70. The number of allylic oxidation sites excluding steroid dienone is 2. The number of carbonyl (C=O) groups is 2. The van der Waals surface area contributed by atoms with E-state index in [-0.39, 0.29) is 25.2 Å². The van der Waals surface area contributed by atoms with Gasteiger partial charge in [-0.25, -0.2) is 0 Å². The lowest BCUT2D eigenvalue weighted by molar-refractivity contribution is -0.161. The van der Waals surface area contributed by atoms with Crippen LogP contribution in [0, 0.1) is 0 Å². The van der Waals surface area contributed by atoms with Crippen LogP contribution in [0.5, 0.6) is 0 Å². The Morgan fingerprint density at radius 3 is 0.982 bits per heavy atom. The van der Waals surface area contributed by atoms with Crippen LogP contribution in [-0.4, -0.2) is 36.4 Å².